The summed E-state index contributed by atoms with van der Waals surface area (Å²) in [7, 11) is -2.84. The summed E-state index contributed by atoms with van der Waals surface area (Å²) in [5, 5.41) is 9.29. The number of nitrogens with zero attached hydrogens (tertiary/aromatic N) is 3. The summed E-state index contributed by atoms with van der Waals surface area (Å²) in [6, 6.07) is 0.146. The van der Waals surface area contributed by atoms with Crippen molar-refractivity contribution in [2.45, 2.75) is 43.1 Å². The van der Waals surface area contributed by atoms with E-state index in [1.165, 1.54) is 0 Å². The van der Waals surface area contributed by atoms with Crippen molar-refractivity contribution in [2.24, 2.45) is 0 Å². The minimum Gasteiger partial charge on any atom is -0.293 e. The number of unbranched alkanes of at least 4 members (excludes halogenated alkanes) is 1. The van der Waals surface area contributed by atoms with Crippen molar-refractivity contribution < 1.29 is 8.42 Å². The third kappa shape index (κ3) is 4.41. The van der Waals surface area contributed by atoms with Crippen molar-refractivity contribution >= 4 is 32.9 Å². The van der Waals surface area contributed by atoms with Crippen molar-refractivity contribution in [3.05, 3.63) is 5.01 Å². The van der Waals surface area contributed by atoms with Crippen molar-refractivity contribution in [3.8, 4) is 0 Å². The highest BCUT2D eigenvalue weighted by Crippen LogP contribution is 2.24. The molecule has 8 heteroatoms. The molecule has 0 spiro atoms. The van der Waals surface area contributed by atoms with E-state index in [2.05, 4.69) is 22.0 Å². The molecule has 5 nitrogen and oxygen atoms in total. The fourth-order valence-electron chi connectivity index (χ4n) is 2.37. The lowest BCUT2D eigenvalue weighted by atomic mass is 10.2. The van der Waals surface area contributed by atoms with Gasteiger partial charge in [0.15, 0.2) is 14.2 Å². The topological polar surface area (TPSA) is 63.2 Å². The number of hydrogen-bond acceptors (Lipinski definition) is 7. The van der Waals surface area contributed by atoms with Gasteiger partial charge in [-0.05, 0) is 25.6 Å². The first-order valence-electron chi connectivity index (χ1n) is 6.85. The van der Waals surface area contributed by atoms with Gasteiger partial charge in [-0.3, -0.25) is 4.90 Å². The normalized spacial score (nSPS) is 21.6. The number of sulfone groups is 1. The molecular formula is C12H21N3O2S3. The van der Waals surface area contributed by atoms with Crippen LogP contribution in [0.5, 0.6) is 0 Å². The molecule has 1 saturated heterocycles. The second-order valence-electron chi connectivity index (χ2n) is 5.05. The van der Waals surface area contributed by atoms with Gasteiger partial charge in [-0.2, -0.15) is 0 Å². The fourth-order valence-corrected chi connectivity index (χ4v) is 5.47. The molecule has 0 amide bonds. The monoisotopic (exact) mass is 335 g/mol. The molecule has 1 aromatic rings. The maximum Gasteiger partial charge on any atom is 0.174 e. The van der Waals surface area contributed by atoms with E-state index in [0.29, 0.717) is 11.5 Å². The first kappa shape index (κ1) is 16.2. The van der Waals surface area contributed by atoms with Crippen LogP contribution in [0, 0.1) is 0 Å². The molecule has 0 unspecified atom stereocenters. The van der Waals surface area contributed by atoms with E-state index in [1.54, 1.807) is 23.1 Å². The molecule has 1 aliphatic heterocycles. The summed E-state index contributed by atoms with van der Waals surface area (Å²) in [6.07, 6.45) is 4.94. The van der Waals surface area contributed by atoms with Gasteiger partial charge in [0.1, 0.15) is 5.01 Å². The maximum absolute atomic E-state index is 11.7. The van der Waals surface area contributed by atoms with E-state index in [1.807, 2.05) is 6.26 Å². The largest absolute Gasteiger partial charge is 0.293 e. The number of aromatic nitrogens is 2. The Morgan fingerprint density at radius 2 is 2.25 bits per heavy atom. The van der Waals surface area contributed by atoms with Crippen molar-refractivity contribution in [3.63, 3.8) is 0 Å². The van der Waals surface area contributed by atoms with Crippen LogP contribution < -0.4 is 0 Å². The molecule has 2 rings (SSSR count). The van der Waals surface area contributed by atoms with Crippen molar-refractivity contribution in [2.75, 3.05) is 24.3 Å². The molecular weight excluding hydrogens is 314 g/mol. The van der Waals surface area contributed by atoms with Crippen LogP contribution in [-0.4, -0.2) is 53.9 Å². The molecule has 0 bridgehead atoms. The summed E-state index contributed by atoms with van der Waals surface area (Å²) < 4.78 is 24.3. The van der Waals surface area contributed by atoms with Gasteiger partial charge in [-0.25, -0.2) is 8.42 Å². The van der Waals surface area contributed by atoms with Gasteiger partial charge in [0.05, 0.1) is 18.1 Å². The highest BCUT2D eigenvalue weighted by atomic mass is 32.2. The van der Waals surface area contributed by atoms with Crippen LogP contribution in [0.3, 0.4) is 0 Å². The third-order valence-electron chi connectivity index (χ3n) is 3.48. The van der Waals surface area contributed by atoms with E-state index in [0.717, 1.165) is 41.7 Å². The second-order valence-corrected chi connectivity index (χ2v) is 9.39. The van der Waals surface area contributed by atoms with Crippen LogP contribution in [0.25, 0.3) is 0 Å². The van der Waals surface area contributed by atoms with E-state index >= 15 is 0 Å². The van der Waals surface area contributed by atoms with Gasteiger partial charge in [0.2, 0.25) is 0 Å². The summed E-state index contributed by atoms with van der Waals surface area (Å²) in [5.41, 5.74) is 0. The zero-order valence-electron chi connectivity index (χ0n) is 11.9. The molecule has 0 radical (unpaired) electrons. The van der Waals surface area contributed by atoms with Crippen LogP contribution in [-0.2, 0) is 16.4 Å². The molecule has 1 fully saturated rings. The standard InChI is InChI=1S/C12H21N3O2S3/c1-3-4-6-15(10-5-7-20(16,17)9-10)8-11-13-14-12(18-2)19-11/h10H,3-9H2,1-2H3/t10-/m1/s1. The average Bonchev–Trinajstić information content (AvgIpc) is 3.00. The van der Waals surface area contributed by atoms with E-state index in [9.17, 15) is 8.42 Å². The Kier molecular flexibility index (Phi) is 5.83. The number of rotatable bonds is 7. The Hall–Kier alpha value is -0.180. The highest BCUT2D eigenvalue weighted by molar-refractivity contribution is 8.00. The summed E-state index contributed by atoms with van der Waals surface area (Å²) in [4.78, 5) is 2.28. The molecule has 20 heavy (non-hydrogen) atoms. The van der Waals surface area contributed by atoms with E-state index in [-0.39, 0.29) is 6.04 Å². The van der Waals surface area contributed by atoms with Crippen molar-refractivity contribution in [1.29, 1.82) is 0 Å². The van der Waals surface area contributed by atoms with Crippen LogP contribution >= 0.6 is 23.1 Å². The van der Waals surface area contributed by atoms with Crippen LogP contribution in [0.1, 0.15) is 31.2 Å². The van der Waals surface area contributed by atoms with Gasteiger partial charge in [0.25, 0.3) is 0 Å². The van der Waals surface area contributed by atoms with Crippen molar-refractivity contribution in [1.82, 2.24) is 15.1 Å². The zero-order chi connectivity index (χ0) is 14.6. The predicted molar refractivity (Wildman–Crippen MR) is 84.1 cm³/mol. The third-order valence-corrected chi connectivity index (χ3v) is 7.12. The molecule has 0 aromatic carbocycles. The summed E-state index contributed by atoms with van der Waals surface area (Å²) in [6.45, 7) is 3.81. The SMILES string of the molecule is CCCCN(Cc1nnc(SC)s1)[C@@H]1CCS(=O)(=O)C1. The average molecular weight is 336 g/mol. The van der Waals surface area contributed by atoms with Crippen LogP contribution in [0.4, 0.5) is 0 Å². The van der Waals surface area contributed by atoms with Crippen LogP contribution in [0.2, 0.25) is 0 Å². The number of hydrogen-bond donors (Lipinski definition) is 0. The predicted octanol–water partition coefficient (Wildman–Crippen LogP) is 2.05. The van der Waals surface area contributed by atoms with Crippen LogP contribution in [0.15, 0.2) is 4.34 Å². The summed E-state index contributed by atoms with van der Waals surface area (Å²) >= 11 is 3.20. The fraction of sp³-hybridized carbons (Fsp3) is 0.833. The molecule has 114 valence electrons. The number of thioether (sulfide) groups is 1. The van der Waals surface area contributed by atoms with E-state index < -0.39 is 9.84 Å². The Morgan fingerprint density at radius 3 is 2.80 bits per heavy atom. The molecule has 0 aliphatic carbocycles. The second kappa shape index (κ2) is 7.20. The Balaban J connectivity index is 2.03. The Bertz CT molecular complexity index is 530. The Labute approximate surface area is 129 Å². The smallest absolute Gasteiger partial charge is 0.174 e. The molecule has 1 atom stereocenters. The first-order valence-corrected chi connectivity index (χ1v) is 10.7. The van der Waals surface area contributed by atoms with E-state index in [4.69, 9.17) is 0 Å². The molecule has 0 saturated carbocycles. The minimum absolute atomic E-state index is 0.146. The molecule has 1 aromatic heterocycles. The minimum atomic E-state index is -2.84. The lowest BCUT2D eigenvalue weighted by Gasteiger charge is -2.26. The quantitative estimate of drug-likeness (QED) is 0.711. The first-order chi connectivity index (χ1) is 9.54. The lowest BCUT2D eigenvalue weighted by Crippen LogP contribution is -2.36. The highest BCUT2D eigenvalue weighted by Gasteiger charge is 2.32. The Morgan fingerprint density at radius 1 is 1.45 bits per heavy atom. The van der Waals surface area contributed by atoms with Gasteiger partial charge < -0.3 is 0 Å². The molecule has 0 N–H and O–H groups in total. The molecule has 2 heterocycles. The zero-order valence-corrected chi connectivity index (χ0v) is 14.4. The maximum atomic E-state index is 11.7. The lowest BCUT2D eigenvalue weighted by molar-refractivity contribution is 0.199. The van der Waals surface area contributed by atoms with Gasteiger partial charge in [-0.15, -0.1) is 10.2 Å². The summed E-state index contributed by atoms with van der Waals surface area (Å²) in [5.74, 6) is 0.622. The molecule has 1 aliphatic rings. The van der Waals surface area contributed by atoms with Gasteiger partial charge >= 0.3 is 0 Å². The van der Waals surface area contributed by atoms with Gasteiger partial charge in [0, 0.05) is 6.04 Å². The van der Waals surface area contributed by atoms with Gasteiger partial charge in [-0.1, -0.05) is 36.4 Å².